The second kappa shape index (κ2) is 6.26. The first-order valence-corrected chi connectivity index (χ1v) is 6.90. The number of halogens is 1. The highest BCUT2D eigenvalue weighted by Crippen LogP contribution is 2.19. The summed E-state index contributed by atoms with van der Waals surface area (Å²) in [6.45, 7) is 5.85. The van der Waals surface area contributed by atoms with E-state index in [1.165, 1.54) is 0 Å². The molecule has 0 spiro atoms. The number of piperazine rings is 1. The van der Waals surface area contributed by atoms with Crippen LogP contribution in [0.3, 0.4) is 0 Å². The first-order chi connectivity index (χ1) is 9.06. The maximum Gasteiger partial charge on any atom is 0.241 e. The van der Waals surface area contributed by atoms with Crippen molar-refractivity contribution < 1.29 is 4.79 Å². The Morgan fingerprint density at radius 3 is 2.63 bits per heavy atom. The van der Waals surface area contributed by atoms with Gasteiger partial charge in [-0.25, -0.2) is 0 Å². The van der Waals surface area contributed by atoms with Gasteiger partial charge in [-0.05, 0) is 37.7 Å². The Hall–Kier alpha value is -1.26. The van der Waals surface area contributed by atoms with Crippen molar-refractivity contribution in [2.24, 2.45) is 0 Å². The number of carbonyl (C=O) groups excluding carboxylic acids is 1. The van der Waals surface area contributed by atoms with E-state index in [-0.39, 0.29) is 5.91 Å². The zero-order chi connectivity index (χ0) is 13.8. The second-order valence-electron chi connectivity index (χ2n) is 5.00. The minimum absolute atomic E-state index is 0.155. The average Bonchev–Trinajstić information content (AvgIpc) is 2.38. The molecule has 5 heteroatoms. The lowest BCUT2D eigenvalue weighted by molar-refractivity contribution is -0.130. The molecule has 0 aliphatic carbocycles. The summed E-state index contributed by atoms with van der Waals surface area (Å²) >= 11 is 5.91. The molecule has 0 radical (unpaired) electrons. The van der Waals surface area contributed by atoms with Crippen LogP contribution in [0, 0.1) is 6.92 Å². The number of benzene rings is 1. The van der Waals surface area contributed by atoms with Gasteiger partial charge in [-0.2, -0.15) is 0 Å². The van der Waals surface area contributed by atoms with Gasteiger partial charge >= 0.3 is 0 Å². The third kappa shape index (κ3) is 3.85. The van der Waals surface area contributed by atoms with Gasteiger partial charge < -0.3 is 15.1 Å². The maximum absolute atomic E-state index is 12.1. The molecule has 0 saturated carbocycles. The molecule has 1 aromatic rings. The van der Waals surface area contributed by atoms with Crippen LogP contribution in [0.4, 0.5) is 5.69 Å². The van der Waals surface area contributed by atoms with Gasteiger partial charge in [-0.1, -0.05) is 11.6 Å². The van der Waals surface area contributed by atoms with E-state index in [2.05, 4.69) is 17.3 Å². The molecule has 0 aromatic heterocycles. The zero-order valence-electron chi connectivity index (χ0n) is 11.4. The van der Waals surface area contributed by atoms with Crippen molar-refractivity contribution in [3.63, 3.8) is 0 Å². The SMILES string of the molecule is Cc1cc(Cl)ccc1NCC(=O)N1CCN(C)CC1. The van der Waals surface area contributed by atoms with E-state index >= 15 is 0 Å². The highest BCUT2D eigenvalue weighted by Gasteiger charge is 2.18. The van der Waals surface area contributed by atoms with E-state index in [0.29, 0.717) is 11.6 Å². The topological polar surface area (TPSA) is 35.6 Å². The molecule has 1 N–H and O–H groups in total. The molecule has 0 bridgehead atoms. The molecule has 0 unspecified atom stereocenters. The molecular weight excluding hydrogens is 262 g/mol. The largest absolute Gasteiger partial charge is 0.376 e. The van der Waals surface area contributed by atoms with E-state index in [1.807, 2.05) is 30.0 Å². The molecule has 1 aliphatic heterocycles. The predicted molar refractivity (Wildman–Crippen MR) is 78.8 cm³/mol. The average molecular weight is 282 g/mol. The highest BCUT2D eigenvalue weighted by molar-refractivity contribution is 6.30. The molecule has 1 aliphatic rings. The number of carbonyl (C=O) groups is 1. The second-order valence-corrected chi connectivity index (χ2v) is 5.43. The van der Waals surface area contributed by atoms with E-state index in [1.54, 1.807) is 0 Å². The smallest absolute Gasteiger partial charge is 0.241 e. The fourth-order valence-corrected chi connectivity index (χ4v) is 2.39. The van der Waals surface area contributed by atoms with Crippen LogP contribution < -0.4 is 5.32 Å². The van der Waals surface area contributed by atoms with Crippen LogP contribution in [0.1, 0.15) is 5.56 Å². The Morgan fingerprint density at radius 1 is 1.32 bits per heavy atom. The summed E-state index contributed by atoms with van der Waals surface area (Å²) in [5.41, 5.74) is 2.02. The zero-order valence-corrected chi connectivity index (χ0v) is 12.2. The molecule has 1 amide bonds. The van der Waals surface area contributed by atoms with Gasteiger partial charge in [0.05, 0.1) is 6.54 Å². The van der Waals surface area contributed by atoms with Crippen LogP contribution in [0.25, 0.3) is 0 Å². The lowest BCUT2D eigenvalue weighted by atomic mass is 10.2. The number of amides is 1. The Kier molecular flexibility index (Phi) is 4.66. The van der Waals surface area contributed by atoms with Crippen LogP contribution in [-0.4, -0.2) is 55.5 Å². The number of nitrogens with zero attached hydrogens (tertiary/aromatic N) is 2. The molecule has 4 nitrogen and oxygen atoms in total. The standard InChI is InChI=1S/C14H20ClN3O/c1-11-9-12(15)3-4-13(11)16-10-14(19)18-7-5-17(2)6-8-18/h3-4,9,16H,5-8,10H2,1-2H3. The predicted octanol–water partition coefficient (Wildman–Crippen LogP) is 1.83. The number of rotatable bonds is 3. The van der Waals surface area contributed by atoms with Crippen LogP contribution in [0.2, 0.25) is 5.02 Å². The number of aryl methyl sites for hydroxylation is 1. The van der Waals surface area contributed by atoms with Crippen LogP contribution in [-0.2, 0) is 4.79 Å². The monoisotopic (exact) mass is 281 g/mol. The van der Waals surface area contributed by atoms with Crippen molar-refractivity contribution in [3.8, 4) is 0 Å². The molecular formula is C14H20ClN3O. The first-order valence-electron chi connectivity index (χ1n) is 6.52. The van der Waals surface area contributed by atoms with Crippen molar-refractivity contribution in [2.75, 3.05) is 45.1 Å². The summed E-state index contributed by atoms with van der Waals surface area (Å²) in [5.74, 6) is 0.155. The molecule has 19 heavy (non-hydrogen) atoms. The summed E-state index contributed by atoms with van der Waals surface area (Å²) in [6.07, 6.45) is 0. The minimum atomic E-state index is 0.155. The van der Waals surface area contributed by atoms with Crippen molar-refractivity contribution in [1.29, 1.82) is 0 Å². The van der Waals surface area contributed by atoms with Crippen LogP contribution in [0.15, 0.2) is 18.2 Å². The molecule has 1 heterocycles. The highest BCUT2D eigenvalue weighted by atomic mass is 35.5. The molecule has 1 aromatic carbocycles. The van der Waals surface area contributed by atoms with E-state index in [0.717, 1.165) is 37.4 Å². The third-order valence-corrected chi connectivity index (χ3v) is 3.71. The number of nitrogens with one attached hydrogen (secondary N) is 1. The quantitative estimate of drug-likeness (QED) is 0.918. The van der Waals surface area contributed by atoms with Crippen molar-refractivity contribution in [1.82, 2.24) is 9.80 Å². The fourth-order valence-electron chi connectivity index (χ4n) is 2.16. The Balaban J connectivity index is 1.86. The lowest BCUT2D eigenvalue weighted by Gasteiger charge is -2.32. The Morgan fingerprint density at radius 2 is 2.00 bits per heavy atom. The summed E-state index contributed by atoms with van der Waals surface area (Å²) in [6, 6.07) is 5.64. The lowest BCUT2D eigenvalue weighted by Crippen LogP contribution is -2.48. The van der Waals surface area contributed by atoms with Gasteiger partial charge in [-0.3, -0.25) is 4.79 Å². The van der Waals surface area contributed by atoms with Gasteiger partial charge in [0.2, 0.25) is 5.91 Å². The summed E-state index contributed by atoms with van der Waals surface area (Å²) in [4.78, 5) is 16.2. The maximum atomic E-state index is 12.1. The van der Waals surface area contributed by atoms with Crippen LogP contribution in [0.5, 0.6) is 0 Å². The Bertz CT molecular complexity index is 456. The van der Waals surface area contributed by atoms with Crippen molar-refractivity contribution in [2.45, 2.75) is 6.92 Å². The van der Waals surface area contributed by atoms with Gasteiger partial charge in [0, 0.05) is 36.9 Å². The van der Waals surface area contributed by atoms with E-state index in [4.69, 9.17) is 11.6 Å². The van der Waals surface area contributed by atoms with Gasteiger partial charge in [-0.15, -0.1) is 0 Å². The summed E-state index contributed by atoms with van der Waals surface area (Å²) < 4.78 is 0. The molecule has 2 rings (SSSR count). The molecule has 0 atom stereocenters. The molecule has 1 saturated heterocycles. The molecule has 104 valence electrons. The number of likely N-dealkylation sites (N-methyl/N-ethyl adjacent to an activating group) is 1. The number of anilines is 1. The van der Waals surface area contributed by atoms with Gasteiger partial charge in [0.25, 0.3) is 0 Å². The summed E-state index contributed by atoms with van der Waals surface area (Å²) in [7, 11) is 2.08. The normalized spacial score (nSPS) is 16.5. The van der Waals surface area contributed by atoms with Gasteiger partial charge in [0.1, 0.15) is 0 Å². The van der Waals surface area contributed by atoms with E-state index < -0.39 is 0 Å². The van der Waals surface area contributed by atoms with Crippen LogP contribution >= 0.6 is 11.6 Å². The minimum Gasteiger partial charge on any atom is -0.376 e. The van der Waals surface area contributed by atoms with Crippen molar-refractivity contribution >= 4 is 23.2 Å². The number of hydrogen-bond donors (Lipinski definition) is 1. The Labute approximate surface area is 119 Å². The van der Waals surface area contributed by atoms with Gasteiger partial charge in [0.15, 0.2) is 0 Å². The fraction of sp³-hybridized carbons (Fsp3) is 0.500. The molecule has 1 fully saturated rings. The van der Waals surface area contributed by atoms with Crippen molar-refractivity contribution in [3.05, 3.63) is 28.8 Å². The van der Waals surface area contributed by atoms with E-state index in [9.17, 15) is 4.79 Å². The summed E-state index contributed by atoms with van der Waals surface area (Å²) in [5, 5.41) is 3.90. The third-order valence-electron chi connectivity index (χ3n) is 3.47. The number of hydrogen-bond acceptors (Lipinski definition) is 3. The first kappa shape index (κ1) is 14.2.